The summed E-state index contributed by atoms with van der Waals surface area (Å²) in [5.41, 5.74) is 12.9. The van der Waals surface area contributed by atoms with Crippen molar-refractivity contribution in [3.8, 4) is 27.9 Å². The fourth-order valence-corrected chi connectivity index (χ4v) is 8.76. The SMILES string of the molecule is c1ccc(-n2c3c(-c4ccc5ccccc5c4)cc(C4c5ccccc5-c5cc6ccccc6cc54)cc3c3ccc4ccccc4c32)cc1. The normalized spacial score (nSPS) is 13.8. The van der Waals surface area contributed by atoms with Crippen LogP contribution in [0.25, 0.3) is 82.1 Å². The average Bonchev–Trinajstić information content (AvgIpc) is 3.69. The maximum atomic E-state index is 2.52. The Morgan fingerprint density at radius 3 is 1.84 bits per heavy atom. The van der Waals surface area contributed by atoms with E-state index in [9.17, 15) is 0 Å². The van der Waals surface area contributed by atoms with E-state index in [1.165, 1.54) is 98.8 Å². The van der Waals surface area contributed by atoms with Gasteiger partial charge in [-0.15, -0.1) is 0 Å². The first-order chi connectivity index (χ1) is 24.8. The molecule has 0 fully saturated rings. The number of hydrogen-bond donors (Lipinski definition) is 0. The van der Waals surface area contributed by atoms with Gasteiger partial charge in [0.2, 0.25) is 0 Å². The third-order valence-electron chi connectivity index (χ3n) is 11.0. The molecule has 0 amide bonds. The van der Waals surface area contributed by atoms with Crippen LogP contribution in [0, 0.1) is 0 Å². The van der Waals surface area contributed by atoms with Gasteiger partial charge in [-0.25, -0.2) is 0 Å². The van der Waals surface area contributed by atoms with Crippen LogP contribution in [-0.2, 0) is 0 Å². The van der Waals surface area contributed by atoms with Crippen molar-refractivity contribution in [3.05, 3.63) is 199 Å². The van der Waals surface area contributed by atoms with Crippen LogP contribution in [0.1, 0.15) is 22.6 Å². The maximum Gasteiger partial charge on any atom is 0.0619 e. The molecule has 10 aromatic rings. The minimum atomic E-state index is 0.116. The first-order valence-corrected chi connectivity index (χ1v) is 17.5. The lowest BCUT2D eigenvalue weighted by atomic mass is 9.85. The minimum absolute atomic E-state index is 0.116. The second-order valence-electron chi connectivity index (χ2n) is 13.7. The van der Waals surface area contributed by atoms with Crippen molar-refractivity contribution in [1.29, 1.82) is 0 Å². The molecule has 232 valence electrons. The van der Waals surface area contributed by atoms with E-state index < -0.39 is 0 Å². The Kier molecular flexibility index (Phi) is 5.79. The Morgan fingerprint density at radius 1 is 0.340 bits per heavy atom. The van der Waals surface area contributed by atoms with Crippen LogP contribution < -0.4 is 0 Å². The van der Waals surface area contributed by atoms with Crippen LogP contribution in [0.2, 0.25) is 0 Å². The standard InChI is InChI=1S/C49H31N/c1-2-17-38(18-3-1)50-48-39-19-9-8-13-32(39)24-25-42(48)46-30-37(29-43(49(46)50)36-23-22-31-12-4-5-14-33(31)26-36)47-41-21-11-10-20-40(41)44-27-34-15-6-7-16-35(34)28-45(44)47/h1-30,47H. The summed E-state index contributed by atoms with van der Waals surface area (Å²) in [6.07, 6.45) is 0. The molecular formula is C49H31N. The number of fused-ring (bicyclic) bond motifs is 10. The summed E-state index contributed by atoms with van der Waals surface area (Å²) in [7, 11) is 0. The number of hydrogen-bond acceptors (Lipinski definition) is 0. The minimum Gasteiger partial charge on any atom is -0.308 e. The first-order valence-electron chi connectivity index (χ1n) is 17.5. The molecular weight excluding hydrogens is 603 g/mol. The number of rotatable bonds is 3. The summed E-state index contributed by atoms with van der Waals surface area (Å²) >= 11 is 0. The maximum absolute atomic E-state index is 2.52. The van der Waals surface area contributed by atoms with Crippen molar-refractivity contribution >= 4 is 54.1 Å². The fourth-order valence-electron chi connectivity index (χ4n) is 8.76. The van der Waals surface area contributed by atoms with E-state index in [2.05, 4.69) is 187 Å². The Labute approximate surface area is 290 Å². The number of para-hydroxylation sites is 1. The second-order valence-corrected chi connectivity index (χ2v) is 13.7. The third kappa shape index (κ3) is 3.95. The molecule has 0 bridgehead atoms. The molecule has 0 N–H and O–H groups in total. The van der Waals surface area contributed by atoms with Gasteiger partial charge in [-0.2, -0.15) is 0 Å². The van der Waals surface area contributed by atoms with Gasteiger partial charge < -0.3 is 4.57 Å². The van der Waals surface area contributed by atoms with Gasteiger partial charge in [0, 0.05) is 33.3 Å². The summed E-state index contributed by atoms with van der Waals surface area (Å²) in [4.78, 5) is 0. The number of benzene rings is 9. The molecule has 1 unspecified atom stereocenters. The molecule has 1 aliphatic rings. The van der Waals surface area contributed by atoms with Gasteiger partial charge in [0.25, 0.3) is 0 Å². The van der Waals surface area contributed by atoms with Crippen LogP contribution in [0.4, 0.5) is 0 Å². The van der Waals surface area contributed by atoms with Crippen LogP contribution in [0.3, 0.4) is 0 Å². The molecule has 1 heterocycles. The molecule has 1 aromatic heterocycles. The summed E-state index contributed by atoms with van der Waals surface area (Å²) in [5, 5.41) is 10.1. The van der Waals surface area contributed by atoms with Crippen LogP contribution in [0.5, 0.6) is 0 Å². The van der Waals surface area contributed by atoms with Crippen molar-refractivity contribution in [3.63, 3.8) is 0 Å². The Balaban J connectivity index is 1.31. The summed E-state index contributed by atoms with van der Waals surface area (Å²) in [5.74, 6) is 0.116. The van der Waals surface area contributed by atoms with Gasteiger partial charge in [-0.3, -0.25) is 0 Å². The topological polar surface area (TPSA) is 4.93 Å². The molecule has 1 atom stereocenters. The molecule has 1 heteroatoms. The molecule has 0 aliphatic heterocycles. The molecule has 0 radical (unpaired) electrons. The Morgan fingerprint density at radius 2 is 1.00 bits per heavy atom. The predicted octanol–water partition coefficient (Wildman–Crippen LogP) is 13.1. The van der Waals surface area contributed by atoms with Gasteiger partial charge in [-0.1, -0.05) is 140 Å². The first kappa shape index (κ1) is 27.5. The van der Waals surface area contributed by atoms with Crippen LogP contribution in [0.15, 0.2) is 182 Å². The highest BCUT2D eigenvalue weighted by molar-refractivity contribution is 6.21. The van der Waals surface area contributed by atoms with Crippen molar-refractivity contribution < 1.29 is 0 Å². The highest BCUT2D eigenvalue weighted by atomic mass is 15.0. The zero-order chi connectivity index (χ0) is 32.8. The van der Waals surface area contributed by atoms with Gasteiger partial charge >= 0.3 is 0 Å². The number of nitrogens with zero attached hydrogens (tertiary/aromatic N) is 1. The van der Waals surface area contributed by atoms with Crippen molar-refractivity contribution in [2.24, 2.45) is 0 Å². The second kappa shape index (κ2) is 10.5. The molecule has 9 aromatic carbocycles. The van der Waals surface area contributed by atoms with Gasteiger partial charge in [0.05, 0.1) is 11.0 Å². The van der Waals surface area contributed by atoms with E-state index in [-0.39, 0.29) is 5.92 Å². The fraction of sp³-hybridized carbons (Fsp3) is 0.0204. The smallest absolute Gasteiger partial charge is 0.0619 e. The quantitative estimate of drug-likeness (QED) is 0.182. The predicted molar refractivity (Wildman–Crippen MR) is 212 cm³/mol. The van der Waals surface area contributed by atoms with E-state index in [4.69, 9.17) is 0 Å². The van der Waals surface area contributed by atoms with Crippen molar-refractivity contribution in [2.75, 3.05) is 0 Å². The largest absolute Gasteiger partial charge is 0.308 e. The summed E-state index contributed by atoms with van der Waals surface area (Å²) < 4.78 is 2.52. The van der Waals surface area contributed by atoms with Crippen LogP contribution in [-0.4, -0.2) is 4.57 Å². The highest BCUT2D eigenvalue weighted by Gasteiger charge is 2.32. The lowest BCUT2D eigenvalue weighted by Crippen LogP contribution is -2.01. The van der Waals surface area contributed by atoms with Gasteiger partial charge in [0.15, 0.2) is 0 Å². The number of aromatic nitrogens is 1. The zero-order valence-corrected chi connectivity index (χ0v) is 27.3. The Bertz CT molecular complexity index is 2980. The third-order valence-corrected chi connectivity index (χ3v) is 11.0. The molecule has 11 rings (SSSR count). The monoisotopic (exact) mass is 633 g/mol. The molecule has 0 saturated carbocycles. The molecule has 1 nitrogen and oxygen atoms in total. The molecule has 1 aliphatic carbocycles. The molecule has 0 saturated heterocycles. The Hall–Kier alpha value is -6.44. The summed E-state index contributed by atoms with van der Waals surface area (Å²) in [6.45, 7) is 0. The van der Waals surface area contributed by atoms with Gasteiger partial charge in [-0.05, 0) is 103 Å². The van der Waals surface area contributed by atoms with E-state index in [0.29, 0.717) is 0 Å². The van der Waals surface area contributed by atoms with Crippen LogP contribution >= 0.6 is 0 Å². The summed E-state index contributed by atoms with van der Waals surface area (Å²) in [6, 6.07) is 67.7. The molecule has 50 heavy (non-hydrogen) atoms. The van der Waals surface area contributed by atoms with E-state index in [1.807, 2.05) is 0 Å². The lowest BCUT2D eigenvalue weighted by molar-refractivity contribution is 1.02. The molecule has 0 spiro atoms. The average molecular weight is 634 g/mol. The van der Waals surface area contributed by atoms with Crippen molar-refractivity contribution in [1.82, 2.24) is 4.57 Å². The lowest BCUT2D eigenvalue weighted by Gasteiger charge is -2.19. The van der Waals surface area contributed by atoms with Crippen molar-refractivity contribution in [2.45, 2.75) is 5.92 Å². The van der Waals surface area contributed by atoms with E-state index in [1.54, 1.807) is 0 Å². The highest BCUT2D eigenvalue weighted by Crippen LogP contribution is 2.51. The van der Waals surface area contributed by atoms with Gasteiger partial charge in [0.1, 0.15) is 0 Å². The van der Waals surface area contributed by atoms with E-state index in [0.717, 1.165) is 0 Å². The van der Waals surface area contributed by atoms with E-state index >= 15 is 0 Å². The zero-order valence-electron chi connectivity index (χ0n) is 27.3.